The first-order valence-corrected chi connectivity index (χ1v) is 5.66. The highest BCUT2D eigenvalue weighted by Crippen LogP contribution is 2.21. The summed E-state index contributed by atoms with van der Waals surface area (Å²) in [5.74, 6) is -0.859. The van der Waals surface area contributed by atoms with Crippen LogP contribution in [-0.4, -0.2) is 26.3 Å². The van der Waals surface area contributed by atoms with E-state index in [1.165, 1.54) is 0 Å². The Morgan fingerprint density at radius 2 is 2.19 bits per heavy atom. The Balaban J connectivity index is 2.29. The number of rotatable bonds is 3. The van der Waals surface area contributed by atoms with Gasteiger partial charge >= 0.3 is 5.97 Å². The molecule has 1 atom stereocenters. The lowest BCUT2D eigenvalue weighted by molar-refractivity contribution is -0.136. The van der Waals surface area contributed by atoms with Gasteiger partial charge in [0.1, 0.15) is 5.25 Å². The van der Waals surface area contributed by atoms with Gasteiger partial charge in [-0.15, -0.1) is 0 Å². The number of carboxylic acid groups (broad SMARTS) is 1. The third-order valence-electron chi connectivity index (χ3n) is 2.10. The summed E-state index contributed by atoms with van der Waals surface area (Å²) in [5, 5.41) is 9.69. The van der Waals surface area contributed by atoms with E-state index in [2.05, 4.69) is 9.97 Å². The Hall–Kier alpha value is -1.62. The lowest BCUT2D eigenvalue weighted by Crippen LogP contribution is -2.11. The summed E-state index contributed by atoms with van der Waals surface area (Å²) in [6.07, 6.45) is 1.71. The Morgan fingerprint density at radius 1 is 1.44 bits per heavy atom. The molecule has 5 heteroatoms. The van der Waals surface area contributed by atoms with Gasteiger partial charge in [0.05, 0.1) is 5.52 Å². The summed E-state index contributed by atoms with van der Waals surface area (Å²) in [6.45, 7) is 1.62. The topological polar surface area (TPSA) is 63.1 Å². The maximum absolute atomic E-state index is 10.7. The molecule has 16 heavy (non-hydrogen) atoms. The average Bonchev–Trinajstić information content (AvgIpc) is 2.28. The van der Waals surface area contributed by atoms with Crippen LogP contribution in [0.4, 0.5) is 0 Å². The van der Waals surface area contributed by atoms with Crippen molar-refractivity contribution in [2.24, 2.45) is 0 Å². The largest absolute Gasteiger partial charge is 0.480 e. The van der Waals surface area contributed by atoms with E-state index in [4.69, 9.17) is 5.11 Å². The van der Waals surface area contributed by atoms with Crippen LogP contribution in [0.3, 0.4) is 0 Å². The molecule has 0 bridgehead atoms. The molecule has 1 unspecified atom stereocenters. The van der Waals surface area contributed by atoms with Crippen LogP contribution >= 0.6 is 11.8 Å². The molecular formula is C11H10N2O2S. The monoisotopic (exact) mass is 234 g/mol. The first-order chi connectivity index (χ1) is 7.66. The SMILES string of the molecule is CC(Sc1ncc2ccccc2n1)C(=O)O. The van der Waals surface area contributed by atoms with E-state index in [9.17, 15) is 4.79 Å². The van der Waals surface area contributed by atoms with E-state index in [1.54, 1.807) is 13.1 Å². The van der Waals surface area contributed by atoms with Gasteiger partial charge in [-0.25, -0.2) is 9.97 Å². The predicted octanol–water partition coefficient (Wildman–Crippen LogP) is 2.19. The van der Waals surface area contributed by atoms with Crippen molar-refractivity contribution in [3.63, 3.8) is 0 Å². The number of benzene rings is 1. The Kier molecular flexibility index (Phi) is 3.05. The molecule has 82 valence electrons. The highest BCUT2D eigenvalue weighted by molar-refractivity contribution is 8.00. The number of fused-ring (bicyclic) bond motifs is 1. The normalized spacial score (nSPS) is 12.6. The van der Waals surface area contributed by atoms with Crippen molar-refractivity contribution in [1.29, 1.82) is 0 Å². The zero-order valence-electron chi connectivity index (χ0n) is 8.62. The number of para-hydroxylation sites is 1. The van der Waals surface area contributed by atoms with Crippen molar-refractivity contribution in [1.82, 2.24) is 9.97 Å². The first-order valence-electron chi connectivity index (χ1n) is 4.78. The molecule has 0 amide bonds. The first kappa shape index (κ1) is 10.9. The van der Waals surface area contributed by atoms with Crippen LogP contribution in [-0.2, 0) is 4.79 Å². The second-order valence-electron chi connectivity index (χ2n) is 3.31. The molecule has 2 aromatic rings. The minimum absolute atomic E-state index is 0.494. The number of aliphatic carboxylic acids is 1. The Morgan fingerprint density at radius 3 is 2.94 bits per heavy atom. The molecule has 2 rings (SSSR count). The maximum atomic E-state index is 10.7. The average molecular weight is 234 g/mol. The number of nitrogens with zero attached hydrogens (tertiary/aromatic N) is 2. The quantitative estimate of drug-likeness (QED) is 0.651. The second kappa shape index (κ2) is 4.49. The molecule has 0 spiro atoms. The van der Waals surface area contributed by atoms with Crippen molar-refractivity contribution >= 4 is 28.6 Å². The molecule has 0 aliphatic heterocycles. The predicted molar refractivity (Wildman–Crippen MR) is 62.5 cm³/mol. The fourth-order valence-electron chi connectivity index (χ4n) is 1.22. The molecule has 0 aliphatic rings. The minimum Gasteiger partial charge on any atom is -0.480 e. The molecule has 4 nitrogen and oxygen atoms in total. The zero-order valence-corrected chi connectivity index (χ0v) is 9.44. The van der Waals surface area contributed by atoms with Gasteiger partial charge in [-0.1, -0.05) is 30.0 Å². The van der Waals surface area contributed by atoms with Crippen molar-refractivity contribution < 1.29 is 9.90 Å². The van der Waals surface area contributed by atoms with Gasteiger partial charge in [-0.3, -0.25) is 4.79 Å². The van der Waals surface area contributed by atoms with Crippen LogP contribution in [0.15, 0.2) is 35.6 Å². The molecule has 1 aromatic carbocycles. The van der Waals surface area contributed by atoms with Crippen LogP contribution in [0.5, 0.6) is 0 Å². The molecule has 0 radical (unpaired) electrons. The van der Waals surface area contributed by atoms with Gasteiger partial charge in [0.25, 0.3) is 0 Å². The van der Waals surface area contributed by atoms with Crippen LogP contribution in [0.2, 0.25) is 0 Å². The standard InChI is InChI=1S/C11H10N2O2S/c1-7(10(14)15)16-11-12-6-8-4-2-3-5-9(8)13-11/h2-7H,1H3,(H,14,15). The summed E-state index contributed by atoms with van der Waals surface area (Å²) in [4.78, 5) is 19.1. The van der Waals surface area contributed by atoms with E-state index < -0.39 is 11.2 Å². The van der Waals surface area contributed by atoms with Gasteiger partial charge in [0.15, 0.2) is 5.16 Å². The summed E-state index contributed by atoms with van der Waals surface area (Å²) in [5.41, 5.74) is 0.831. The van der Waals surface area contributed by atoms with Gasteiger partial charge in [-0.2, -0.15) is 0 Å². The second-order valence-corrected chi connectivity index (χ2v) is 4.62. The number of hydrogen-bond acceptors (Lipinski definition) is 4. The molecule has 0 fully saturated rings. The van der Waals surface area contributed by atoms with E-state index in [0.29, 0.717) is 5.16 Å². The zero-order chi connectivity index (χ0) is 11.5. The van der Waals surface area contributed by atoms with Crippen LogP contribution in [0.25, 0.3) is 10.9 Å². The van der Waals surface area contributed by atoms with Crippen LogP contribution in [0.1, 0.15) is 6.92 Å². The molecule has 0 aliphatic carbocycles. The lowest BCUT2D eigenvalue weighted by atomic mass is 10.2. The number of aromatic nitrogens is 2. The number of thioether (sulfide) groups is 1. The lowest BCUT2D eigenvalue weighted by Gasteiger charge is -2.04. The summed E-state index contributed by atoms with van der Waals surface area (Å²) < 4.78 is 0. The fourth-order valence-corrected chi connectivity index (χ4v) is 1.90. The maximum Gasteiger partial charge on any atom is 0.316 e. The van der Waals surface area contributed by atoms with E-state index >= 15 is 0 Å². The molecule has 1 heterocycles. The molecular weight excluding hydrogens is 224 g/mol. The van der Waals surface area contributed by atoms with Crippen molar-refractivity contribution in [3.8, 4) is 0 Å². The molecule has 1 aromatic heterocycles. The summed E-state index contributed by atoms with van der Waals surface area (Å²) in [6, 6.07) is 7.61. The van der Waals surface area contributed by atoms with Gasteiger partial charge in [0, 0.05) is 11.6 Å². The molecule has 0 saturated carbocycles. The van der Waals surface area contributed by atoms with Crippen LogP contribution in [0, 0.1) is 0 Å². The van der Waals surface area contributed by atoms with E-state index in [1.807, 2.05) is 24.3 Å². The smallest absolute Gasteiger partial charge is 0.316 e. The Bertz CT molecular complexity index is 530. The minimum atomic E-state index is -0.859. The number of carboxylic acids is 1. The third-order valence-corrected chi connectivity index (χ3v) is 3.06. The highest BCUT2D eigenvalue weighted by Gasteiger charge is 2.14. The van der Waals surface area contributed by atoms with Crippen molar-refractivity contribution in [3.05, 3.63) is 30.5 Å². The molecule has 1 N–H and O–H groups in total. The highest BCUT2D eigenvalue weighted by atomic mass is 32.2. The van der Waals surface area contributed by atoms with Crippen molar-refractivity contribution in [2.45, 2.75) is 17.3 Å². The number of carbonyl (C=O) groups is 1. The Labute approximate surface area is 96.7 Å². The number of hydrogen-bond donors (Lipinski definition) is 1. The van der Waals surface area contributed by atoms with Gasteiger partial charge in [0.2, 0.25) is 0 Å². The van der Waals surface area contributed by atoms with Crippen molar-refractivity contribution in [2.75, 3.05) is 0 Å². The van der Waals surface area contributed by atoms with E-state index in [0.717, 1.165) is 22.7 Å². The third kappa shape index (κ3) is 2.30. The van der Waals surface area contributed by atoms with Gasteiger partial charge < -0.3 is 5.11 Å². The van der Waals surface area contributed by atoms with Gasteiger partial charge in [-0.05, 0) is 13.0 Å². The summed E-state index contributed by atoms with van der Waals surface area (Å²) >= 11 is 1.14. The summed E-state index contributed by atoms with van der Waals surface area (Å²) in [7, 11) is 0. The van der Waals surface area contributed by atoms with Crippen LogP contribution < -0.4 is 0 Å². The van der Waals surface area contributed by atoms with E-state index in [-0.39, 0.29) is 0 Å². The fraction of sp³-hybridized carbons (Fsp3) is 0.182. The molecule has 0 saturated heterocycles.